The lowest BCUT2D eigenvalue weighted by Crippen LogP contribution is -2.66. The van der Waals surface area contributed by atoms with Gasteiger partial charge in [0.1, 0.15) is 0 Å². The first-order chi connectivity index (χ1) is 45.2. The van der Waals surface area contributed by atoms with Gasteiger partial charge in [-0.3, -0.25) is 4.79 Å². The number of fused-ring (bicyclic) bond motifs is 14. The molecule has 8 nitrogen and oxygen atoms in total. The molecule has 0 amide bonds. The molecule has 4 N–H and O–H groups in total. The fraction of sp³-hybridized carbons (Fsp3) is 0.648. The SMILES string of the molecule is C=C(C)[C@@H]1CC[C@]2(CO)CC[C@]3(C)C(CCC4[C@@]5(C)CC[C@H](O)C(C)(C)C5CC[C@]43C)C12.C=C(C)[C@@H]1CC[C@]2(COC(=O)/C=C/c3ccccc3)CC[C@]3(C)C(CCC4[C@@]5(C)CC[C@H](O)C(C)(C)C5CC[C@]43C)C12.CC(=O)/C=C/c1ccccc1.O=C(O)/C=C/c1ccccc1. The van der Waals surface area contributed by atoms with Gasteiger partial charge in [0.05, 0.1) is 18.8 Å². The topological polar surface area (TPSA) is 141 Å². The number of aliphatic hydroxyl groups is 3. The zero-order valence-electron chi connectivity index (χ0n) is 61.4. The molecule has 0 aromatic heterocycles. The molecule has 0 radical (unpaired) electrons. The Bertz CT molecular complexity index is 3280. The lowest BCUT2D eigenvalue weighted by molar-refractivity contribution is -0.249. The van der Waals surface area contributed by atoms with Crippen molar-refractivity contribution in [1.29, 1.82) is 0 Å². The Labute approximate surface area is 579 Å². The van der Waals surface area contributed by atoms with Crippen molar-refractivity contribution in [3.8, 4) is 0 Å². The highest BCUT2D eigenvalue weighted by Crippen LogP contribution is 2.80. The van der Waals surface area contributed by atoms with Crippen LogP contribution in [0.15, 0.2) is 134 Å². The quantitative estimate of drug-likeness (QED) is 0.0845. The van der Waals surface area contributed by atoms with Gasteiger partial charge >= 0.3 is 11.9 Å². The van der Waals surface area contributed by atoms with Crippen LogP contribution in [0.5, 0.6) is 0 Å². The number of carbonyl (C=O) groups is 3. The molecular formula is C88H124O8. The van der Waals surface area contributed by atoms with Crippen LogP contribution in [0.1, 0.15) is 235 Å². The summed E-state index contributed by atoms with van der Waals surface area (Å²) in [6, 6.07) is 29.1. The smallest absolute Gasteiger partial charge is 0.330 e. The normalized spacial score (nSPS) is 41.2. The molecule has 96 heavy (non-hydrogen) atoms. The average molecular weight is 1310 g/mol. The van der Waals surface area contributed by atoms with Gasteiger partial charge in [0.15, 0.2) is 5.78 Å². The molecular weight excluding hydrogens is 1180 g/mol. The van der Waals surface area contributed by atoms with E-state index >= 15 is 0 Å². The third-order valence-corrected chi connectivity index (χ3v) is 31.0. The first-order valence-corrected chi connectivity index (χ1v) is 37.6. The van der Waals surface area contributed by atoms with Crippen molar-refractivity contribution in [2.24, 2.45) is 113 Å². The highest BCUT2D eigenvalue weighted by atomic mass is 16.5. The fourth-order valence-corrected chi connectivity index (χ4v) is 25.6. The molecule has 0 aliphatic heterocycles. The molecule has 10 fully saturated rings. The van der Waals surface area contributed by atoms with Gasteiger partial charge in [0.2, 0.25) is 0 Å². The van der Waals surface area contributed by atoms with Gasteiger partial charge in [0, 0.05) is 24.2 Å². The minimum atomic E-state index is -0.922. The maximum absolute atomic E-state index is 12.9. The number of carboxylic acids is 1. The van der Waals surface area contributed by atoms with Gasteiger partial charge in [-0.15, -0.1) is 0 Å². The number of hydrogen-bond donors (Lipinski definition) is 4. The number of carbonyl (C=O) groups excluding carboxylic acids is 2. The lowest BCUT2D eigenvalue weighted by Gasteiger charge is -2.73. The van der Waals surface area contributed by atoms with Crippen LogP contribution < -0.4 is 0 Å². The summed E-state index contributed by atoms with van der Waals surface area (Å²) in [5.74, 6) is 5.25. The number of allylic oxidation sites excluding steroid dienone is 3. The van der Waals surface area contributed by atoms with Crippen molar-refractivity contribution in [2.45, 2.75) is 231 Å². The Kier molecular flexibility index (Phi) is 21.5. The zero-order chi connectivity index (χ0) is 69.7. The van der Waals surface area contributed by atoms with E-state index in [-0.39, 0.29) is 51.0 Å². The fourth-order valence-electron chi connectivity index (χ4n) is 25.6. The summed E-state index contributed by atoms with van der Waals surface area (Å²) in [6.45, 7) is 41.2. The number of ether oxygens (including phenoxy) is 1. The van der Waals surface area contributed by atoms with E-state index in [0.717, 1.165) is 66.7 Å². The Morgan fingerprint density at radius 1 is 0.448 bits per heavy atom. The zero-order valence-corrected chi connectivity index (χ0v) is 61.4. The third-order valence-electron chi connectivity index (χ3n) is 31.0. The molecule has 10 saturated carbocycles. The molecule has 524 valence electrons. The van der Waals surface area contributed by atoms with Crippen molar-refractivity contribution < 1.29 is 39.5 Å². The Morgan fingerprint density at radius 3 is 1.23 bits per heavy atom. The minimum absolute atomic E-state index is 0.0108. The molecule has 13 rings (SSSR count). The van der Waals surface area contributed by atoms with E-state index < -0.39 is 5.97 Å². The maximum Gasteiger partial charge on any atom is 0.330 e. The van der Waals surface area contributed by atoms with E-state index in [1.807, 2.05) is 103 Å². The van der Waals surface area contributed by atoms with Crippen molar-refractivity contribution >= 4 is 35.9 Å². The van der Waals surface area contributed by atoms with Gasteiger partial charge in [-0.2, -0.15) is 0 Å². The summed E-state index contributed by atoms with van der Waals surface area (Å²) in [6.07, 6.45) is 33.5. The summed E-state index contributed by atoms with van der Waals surface area (Å²) in [5, 5.41) is 40.9. The molecule has 3 aromatic carbocycles. The van der Waals surface area contributed by atoms with Gasteiger partial charge < -0.3 is 25.2 Å². The van der Waals surface area contributed by atoms with Crippen LogP contribution in [0, 0.1) is 113 Å². The van der Waals surface area contributed by atoms with Crippen molar-refractivity contribution in [2.75, 3.05) is 13.2 Å². The highest BCUT2D eigenvalue weighted by molar-refractivity contribution is 5.91. The Morgan fingerprint density at radius 2 is 0.833 bits per heavy atom. The van der Waals surface area contributed by atoms with Crippen molar-refractivity contribution in [1.82, 2.24) is 0 Å². The van der Waals surface area contributed by atoms with E-state index in [1.54, 1.807) is 25.2 Å². The predicted octanol–water partition coefficient (Wildman–Crippen LogP) is 20.3. The Hall–Kier alpha value is -5.15. The summed E-state index contributed by atoms with van der Waals surface area (Å²) < 4.78 is 6.12. The number of rotatable bonds is 11. The molecule has 8 heteroatoms. The van der Waals surface area contributed by atoms with E-state index in [0.29, 0.717) is 87.6 Å². The molecule has 0 bridgehead atoms. The van der Waals surface area contributed by atoms with Gasteiger partial charge in [-0.1, -0.05) is 191 Å². The second-order valence-electron chi connectivity index (χ2n) is 35.8. The molecule has 0 spiro atoms. The van der Waals surface area contributed by atoms with E-state index in [9.17, 15) is 29.7 Å². The van der Waals surface area contributed by atoms with E-state index in [4.69, 9.17) is 9.84 Å². The van der Waals surface area contributed by atoms with Crippen LogP contribution in [0.4, 0.5) is 0 Å². The largest absolute Gasteiger partial charge is 0.478 e. The van der Waals surface area contributed by atoms with Crippen LogP contribution in [0.2, 0.25) is 0 Å². The van der Waals surface area contributed by atoms with Gasteiger partial charge in [-0.05, 0) is 292 Å². The monoisotopic (exact) mass is 1310 g/mol. The minimum Gasteiger partial charge on any atom is -0.478 e. The maximum atomic E-state index is 12.9. The lowest BCUT2D eigenvalue weighted by atomic mass is 9.32. The Balaban J connectivity index is 0.000000161. The number of benzene rings is 3. The van der Waals surface area contributed by atoms with Crippen LogP contribution in [0.25, 0.3) is 18.2 Å². The number of carboxylic acid groups (broad SMARTS) is 1. The predicted molar refractivity (Wildman–Crippen MR) is 393 cm³/mol. The molecule has 8 unspecified atom stereocenters. The molecule has 10 aliphatic carbocycles. The van der Waals surface area contributed by atoms with E-state index in [2.05, 4.69) is 96.2 Å². The van der Waals surface area contributed by atoms with Crippen LogP contribution in [-0.4, -0.2) is 63.6 Å². The summed E-state index contributed by atoms with van der Waals surface area (Å²) >= 11 is 0. The first kappa shape index (κ1) is 73.6. The molecule has 0 saturated heterocycles. The number of esters is 1. The molecule has 3 aromatic rings. The second kappa shape index (κ2) is 28.1. The molecule has 10 aliphatic rings. The third kappa shape index (κ3) is 13.1. The van der Waals surface area contributed by atoms with E-state index in [1.165, 1.54) is 107 Å². The number of aliphatic hydroxyl groups excluding tert-OH is 3. The van der Waals surface area contributed by atoms with Crippen LogP contribution in [-0.2, 0) is 19.1 Å². The second-order valence-corrected chi connectivity index (χ2v) is 35.8. The summed E-state index contributed by atoms with van der Waals surface area (Å²) in [5.41, 5.74) is 7.81. The van der Waals surface area contributed by atoms with Gasteiger partial charge in [0.25, 0.3) is 0 Å². The van der Waals surface area contributed by atoms with Crippen LogP contribution in [0.3, 0.4) is 0 Å². The summed E-state index contributed by atoms with van der Waals surface area (Å²) in [7, 11) is 0. The summed E-state index contributed by atoms with van der Waals surface area (Å²) in [4.78, 5) is 33.6. The van der Waals surface area contributed by atoms with Gasteiger partial charge in [-0.25, -0.2) is 9.59 Å². The molecule has 0 heterocycles. The number of aliphatic carboxylic acids is 1. The standard InChI is InChI=1S/C39H56O3.C30H50O2.C10H10O.C9H8O2/c1-26(2)28-17-22-39(25-42-33(41)16-13-27-11-9-8-10-12-27)24-23-37(6)29(34(28)39)14-15-31-36(5)20-19-32(40)35(3,4)30(36)18-21-38(31,37)7;1-19(2)20-10-15-30(18-31)17-16-28(6)21(25(20)30)8-9-23-27(5)13-12-24(32)26(3,4)22(27)11-14-29(23,28)7;1-9(11)7-8-10-5-3-2-4-6-10;10-9(11)7-6-8-4-2-1-3-5-8/h8-13,16,28-32,34,40H,1,14-15,17-25H2,2-7H3;20-25,31-32H,1,8-18H2,2-7H3;2-8H,1H3;1-7H,(H,10,11)/b16-13+;;8-7+;7-6+/t28-,29?,30?,31?,32-,34?,36-,37+,38+,39+;20-,21?,22?,23?,24-,25?,27-,28+,29+,30+;;/m00../s1. The highest BCUT2D eigenvalue weighted by Gasteiger charge is 2.73. The number of hydrogen-bond acceptors (Lipinski definition) is 7. The van der Waals surface area contributed by atoms with Crippen molar-refractivity contribution in [3.63, 3.8) is 0 Å². The average Bonchev–Trinajstić information content (AvgIpc) is 1.05. The number of ketones is 1. The van der Waals surface area contributed by atoms with Crippen LogP contribution >= 0.6 is 0 Å². The first-order valence-electron chi connectivity index (χ1n) is 37.6. The van der Waals surface area contributed by atoms with Crippen molar-refractivity contribution in [3.05, 3.63) is 150 Å². The molecule has 20 atom stereocenters.